The molecule has 0 aromatic rings. The number of nitrogens with zero attached hydrogens (tertiary/aromatic N) is 2. The van der Waals surface area contributed by atoms with Crippen LogP contribution in [-0.4, -0.2) is 50.0 Å². The molecule has 4 heteroatoms. The maximum Gasteiger partial charge on any atom is 0.0697 e. The van der Waals surface area contributed by atoms with Crippen molar-refractivity contribution in [2.24, 2.45) is 0 Å². The smallest absolute Gasteiger partial charge is 0.0697 e. The van der Waals surface area contributed by atoms with Crippen LogP contribution in [0.15, 0.2) is 0 Å². The fourth-order valence-electron chi connectivity index (χ4n) is 3.11. The maximum atomic E-state index is 8.77. The highest BCUT2D eigenvalue weighted by Crippen LogP contribution is 2.43. The van der Waals surface area contributed by atoms with Crippen LogP contribution < -0.4 is 0 Å². The Morgan fingerprint density at radius 3 is 2.89 bits per heavy atom. The van der Waals surface area contributed by atoms with Crippen LogP contribution in [0.25, 0.3) is 0 Å². The second-order valence-electron chi connectivity index (χ2n) is 5.47. The first-order chi connectivity index (χ1) is 8.79. The van der Waals surface area contributed by atoms with Gasteiger partial charge >= 0.3 is 0 Å². The summed E-state index contributed by atoms with van der Waals surface area (Å²) < 4.78 is 11.1. The van der Waals surface area contributed by atoms with Crippen LogP contribution in [0.2, 0.25) is 0 Å². The summed E-state index contributed by atoms with van der Waals surface area (Å²) in [6.07, 6.45) is 6.59. The lowest BCUT2D eigenvalue weighted by atomic mass is 9.73. The summed E-state index contributed by atoms with van der Waals surface area (Å²) in [7, 11) is 1.74. The van der Waals surface area contributed by atoms with Crippen molar-refractivity contribution in [3.8, 4) is 6.07 Å². The molecule has 1 spiro atoms. The molecule has 2 fully saturated rings. The van der Waals surface area contributed by atoms with Gasteiger partial charge in [0.2, 0.25) is 0 Å². The molecular formula is C14H24N2O2. The monoisotopic (exact) mass is 252 g/mol. The number of hydrogen-bond donors (Lipinski definition) is 0. The van der Waals surface area contributed by atoms with Crippen LogP contribution >= 0.6 is 0 Å². The molecule has 0 bridgehead atoms. The molecule has 2 aliphatic rings. The second-order valence-corrected chi connectivity index (χ2v) is 5.47. The Hall–Kier alpha value is -0.630. The minimum atomic E-state index is 0.181. The molecule has 0 amide bonds. The van der Waals surface area contributed by atoms with Crippen molar-refractivity contribution in [3.63, 3.8) is 0 Å². The molecule has 102 valence electrons. The third-order valence-electron chi connectivity index (χ3n) is 4.34. The summed E-state index contributed by atoms with van der Waals surface area (Å²) in [5.74, 6) is 0. The predicted octanol–water partition coefficient (Wildman–Crippen LogP) is 1.95. The van der Waals surface area contributed by atoms with Gasteiger partial charge in [-0.1, -0.05) is 0 Å². The molecule has 4 nitrogen and oxygen atoms in total. The van der Waals surface area contributed by atoms with Crippen molar-refractivity contribution < 1.29 is 9.47 Å². The number of nitriles is 1. The van der Waals surface area contributed by atoms with Crippen molar-refractivity contribution in [2.75, 3.05) is 33.4 Å². The number of hydrogen-bond acceptors (Lipinski definition) is 4. The first-order valence-electron chi connectivity index (χ1n) is 7.03. The molecule has 1 atom stereocenters. The van der Waals surface area contributed by atoms with Gasteiger partial charge in [0, 0.05) is 39.3 Å². The Morgan fingerprint density at radius 1 is 1.44 bits per heavy atom. The molecule has 0 aromatic heterocycles. The first-order valence-corrected chi connectivity index (χ1v) is 7.03. The van der Waals surface area contributed by atoms with Gasteiger partial charge in [-0.3, -0.25) is 4.90 Å². The van der Waals surface area contributed by atoms with E-state index in [2.05, 4.69) is 11.0 Å². The van der Waals surface area contributed by atoms with Crippen molar-refractivity contribution in [3.05, 3.63) is 0 Å². The molecule has 0 N–H and O–H groups in total. The fraction of sp³-hybridized carbons (Fsp3) is 0.929. The number of rotatable bonds is 6. The maximum absolute atomic E-state index is 8.77. The first kappa shape index (κ1) is 13.8. The molecule has 1 saturated carbocycles. The molecule has 2 rings (SSSR count). The normalized spacial score (nSPS) is 25.9. The van der Waals surface area contributed by atoms with Crippen molar-refractivity contribution in [1.29, 1.82) is 5.26 Å². The molecule has 1 heterocycles. The lowest BCUT2D eigenvalue weighted by molar-refractivity contribution is -0.149. The fourth-order valence-corrected chi connectivity index (χ4v) is 3.11. The molecule has 18 heavy (non-hydrogen) atoms. The summed E-state index contributed by atoms with van der Waals surface area (Å²) in [6.45, 7) is 3.41. The van der Waals surface area contributed by atoms with Gasteiger partial charge in [0.15, 0.2) is 0 Å². The summed E-state index contributed by atoms with van der Waals surface area (Å²) in [5, 5.41) is 8.77. The standard InChI is InChI=1S/C14H24N2O2/c1-17-11-9-16(8-3-7-15)13-4-10-18-14(12-13)5-2-6-14/h13H,2-6,8-12H2,1H3. The molecule has 1 saturated heterocycles. The SMILES string of the molecule is COCCN(CCC#N)C1CCOC2(CCC2)C1. The van der Waals surface area contributed by atoms with E-state index in [-0.39, 0.29) is 5.60 Å². The van der Waals surface area contributed by atoms with Crippen LogP contribution in [0, 0.1) is 11.3 Å². The second kappa shape index (κ2) is 6.51. The Kier molecular flexibility index (Phi) is 4.99. The Bertz CT molecular complexity index is 297. The highest BCUT2D eigenvalue weighted by atomic mass is 16.5. The largest absolute Gasteiger partial charge is 0.383 e. The summed E-state index contributed by atoms with van der Waals surface area (Å²) in [4.78, 5) is 2.43. The Morgan fingerprint density at radius 2 is 2.28 bits per heavy atom. The van der Waals surface area contributed by atoms with Crippen molar-refractivity contribution in [1.82, 2.24) is 4.90 Å². The van der Waals surface area contributed by atoms with E-state index >= 15 is 0 Å². The lowest BCUT2D eigenvalue weighted by Gasteiger charge is -2.49. The zero-order valence-corrected chi connectivity index (χ0v) is 11.4. The third-order valence-corrected chi connectivity index (χ3v) is 4.34. The minimum Gasteiger partial charge on any atom is -0.383 e. The van der Waals surface area contributed by atoms with Gasteiger partial charge in [-0.05, 0) is 32.1 Å². The lowest BCUT2D eigenvalue weighted by Crippen LogP contribution is -2.52. The van der Waals surface area contributed by atoms with Gasteiger partial charge in [0.25, 0.3) is 0 Å². The van der Waals surface area contributed by atoms with E-state index in [4.69, 9.17) is 14.7 Å². The van der Waals surface area contributed by atoms with Crippen LogP contribution in [0.4, 0.5) is 0 Å². The summed E-state index contributed by atoms with van der Waals surface area (Å²) in [5.41, 5.74) is 0.181. The average Bonchev–Trinajstić information content (AvgIpc) is 2.37. The number of methoxy groups -OCH3 is 1. The molecule has 1 aliphatic carbocycles. The number of ether oxygens (including phenoxy) is 2. The van der Waals surface area contributed by atoms with Gasteiger partial charge in [0.05, 0.1) is 18.3 Å². The van der Waals surface area contributed by atoms with Crippen molar-refractivity contribution >= 4 is 0 Å². The van der Waals surface area contributed by atoms with Gasteiger partial charge in [-0.15, -0.1) is 0 Å². The van der Waals surface area contributed by atoms with Gasteiger partial charge in [-0.2, -0.15) is 5.26 Å². The van der Waals surface area contributed by atoms with Crippen LogP contribution in [0.5, 0.6) is 0 Å². The molecule has 1 aliphatic heterocycles. The molecule has 0 radical (unpaired) electrons. The van der Waals surface area contributed by atoms with E-state index in [1.54, 1.807) is 7.11 Å². The van der Waals surface area contributed by atoms with Gasteiger partial charge in [0.1, 0.15) is 0 Å². The highest BCUT2D eigenvalue weighted by Gasteiger charge is 2.43. The third kappa shape index (κ3) is 3.23. The van der Waals surface area contributed by atoms with Crippen molar-refractivity contribution in [2.45, 2.75) is 50.2 Å². The van der Waals surface area contributed by atoms with E-state index < -0.39 is 0 Å². The Balaban J connectivity index is 1.89. The predicted molar refractivity (Wildman–Crippen MR) is 69.2 cm³/mol. The van der Waals surface area contributed by atoms with Crippen LogP contribution in [0.3, 0.4) is 0 Å². The summed E-state index contributed by atoms with van der Waals surface area (Å²) >= 11 is 0. The van der Waals surface area contributed by atoms with E-state index in [0.717, 1.165) is 39.1 Å². The van der Waals surface area contributed by atoms with Gasteiger partial charge in [-0.25, -0.2) is 0 Å². The van der Waals surface area contributed by atoms with Crippen LogP contribution in [0.1, 0.15) is 38.5 Å². The quantitative estimate of drug-likeness (QED) is 0.725. The molecule has 0 aromatic carbocycles. The zero-order valence-electron chi connectivity index (χ0n) is 11.4. The summed E-state index contributed by atoms with van der Waals surface area (Å²) in [6, 6.07) is 2.82. The molecule has 1 unspecified atom stereocenters. The minimum absolute atomic E-state index is 0.181. The van der Waals surface area contributed by atoms with E-state index in [1.165, 1.54) is 19.3 Å². The zero-order chi connectivity index (χ0) is 12.8. The topological polar surface area (TPSA) is 45.5 Å². The Labute approximate surface area is 110 Å². The van der Waals surface area contributed by atoms with Crippen LogP contribution in [-0.2, 0) is 9.47 Å². The molecular weight excluding hydrogens is 228 g/mol. The van der Waals surface area contributed by atoms with E-state index in [0.29, 0.717) is 12.5 Å². The van der Waals surface area contributed by atoms with Gasteiger partial charge < -0.3 is 9.47 Å². The van der Waals surface area contributed by atoms with E-state index in [1.807, 2.05) is 0 Å². The average molecular weight is 252 g/mol. The van der Waals surface area contributed by atoms with E-state index in [9.17, 15) is 0 Å². The highest BCUT2D eigenvalue weighted by molar-refractivity contribution is 4.97.